The molecule has 1 aliphatic carbocycles. The van der Waals surface area contributed by atoms with Gasteiger partial charge in [-0.2, -0.15) is 5.10 Å². The predicted molar refractivity (Wildman–Crippen MR) is 140 cm³/mol. The topological polar surface area (TPSA) is 106 Å². The van der Waals surface area contributed by atoms with E-state index in [1.165, 1.54) is 6.33 Å². The molecule has 194 valence electrons. The lowest BCUT2D eigenvalue weighted by atomic mass is 10.0. The van der Waals surface area contributed by atoms with Crippen molar-refractivity contribution in [2.24, 2.45) is 11.8 Å². The quantitative estimate of drug-likeness (QED) is 0.425. The van der Waals surface area contributed by atoms with Crippen molar-refractivity contribution >= 4 is 17.2 Å². The van der Waals surface area contributed by atoms with Crippen molar-refractivity contribution in [3.8, 4) is 0 Å². The molecule has 6 rings (SSSR count). The minimum Gasteiger partial charge on any atom is -0.394 e. The number of carbonyl (C=O) groups is 1. The van der Waals surface area contributed by atoms with Gasteiger partial charge >= 0.3 is 0 Å². The number of hydrogen-bond acceptors (Lipinski definition) is 7. The van der Waals surface area contributed by atoms with Crippen molar-refractivity contribution in [2.75, 3.05) is 38.1 Å². The molecule has 3 N–H and O–H groups in total. The summed E-state index contributed by atoms with van der Waals surface area (Å²) >= 11 is 0. The molecule has 0 radical (unpaired) electrons. The van der Waals surface area contributed by atoms with Crippen LogP contribution in [0.1, 0.15) is 35.6 Å². The molecule has 9 heteroatoms. The number of anilines is 1. The Kier molecular flexibility index (Phi) is 6.67. The highest BCUT2D eigenvalue weighted by atomic mass is 16.3. The van der Waals surface area contributed by atoms with Gasteiger partial charge in [-0.05, 0) is 47.8 Å². The molecule has 1 aromatic carbocycles. The third-order valence-electron chi connectivity index (χ3n) is 8.19. The van der Waals surface area contributed by atoms with Crippen molar-refractivity contribution in [3.63, 3.8) is 0 Å². The molecule has 0 bridgehead atoms. The van der Waals surface area contributed by atoms with Gasteiger partial charge in [0.15, 0.2) is 5.82 Å². The average Bonchev–Trinajstić information content (AvgIpc) is 3.57. The zero-order valence-corrected chi connectivity index (χ0v) is 20.9. The third-order valence-corrected chi connectivity index (χ3v) is 8.19. The van der Waals surface area contributed by atoms with E-state index in [9.17, 15) is 15.0 Å². The first kappa shape index (κ1) is 24.1. The molecule has 3 aromatic rings. The van der Waals surface area contributed by atoms with Crippen molar-refractivity contribution in [1.29, 1.82) is 0 Å². The highest BCUT2D eigenvalue weighted by Crippen LogP contribution is 2.38. The Morgan fingerprint density at radius 2 is 1.97 bits per heavy atom. The van der Waals surface area contributed by atoms with Gasteiger partial charge in [0.05, 0.1) is 18.8 Å². The molecule has 3 unspecified atom stereocenters. The number of aliphatic hydroxyl groups excluding tert-OH is 2. The number of rotatable bonds is 7. The van der Waals surface area contributed by atoms with Crippen LogP contribution in [0.15, 0.2) is 55.0 Å². The van der Waals surface area contributed by atoms with Crippen molar-refractivity contribution in [1.82, 2.24) is 24.4 Å². The Labute approximate surface area is 216 Å². The van der Waals surface area contributed by atoms with Crippen LogP contribution >= 0.6 is 0 Å². The van der Waals surface area contributed by atoms with E-state index >= 15 is 0 Å². The second-order valence-electron chi connectivity index (χ2n) is 10.6. The maximum atomic E-state index is 13.0. The smallest absolute Gasteiger partial charge is 0.246 e. The summed E-state index contributed by atoms with van der Waals surface area (Å²) in [5.74, 6) is 1.92. The fraction of sp³-hybridized carbons (Fsp3) is 0.464. The fourth-order valence-corrected chi connectivity index (χ4v) is 6.37. The molecular weight excluding hydrogens is 468 g/mol. The van der Waals surface area contributed by atoms with E-state index < -0.39 is 0 Å². The van der Waals surface area contributed by atoms with Gasteiger partial charge in [0.25, 0.3) is 0 Å². The van der Waals surface area contributed by atoms with Crippen molar-refractivity contribution in [3.05, 3.63) is 71.7 Å². The van der Waals surface area contributed by atoms with Crippen LogP contribution in [-0.4, -0.2) is 79.4 Å². The molecular formula is C28H34N6O3. The first-order valence-corrected chi connectivity index (χ1v) is 13.2. The highest BCUT2D eigenvalue weighted by Gasteiger charge is 2.39. The first-order chi connectivity index (χ1) is 18.1. The van der Waals surface area contributed by atoms with Crippen LogP contribution in [0.25, 0.3) is 5.52 Å². The van der Waals surface area contributed by atoms with Crippen LogP contribution in [0.2, 0.25) is 0 Å². The SMILES string of the molecule is O=C(C=CCN1CC2CC(O)CC2C1)N1CCc2c(cn3ncnc(NC(CO)c4ccccc4)c23)C1. The highest BCUT2D eigenvalue weighted by molar-refractivity contribution is 5.88. The van der Waals surface area contributed by atoms with E-state index in [1.807, 2.05) is 52.0 Å². The molecule has 2 aromatic heterocycles. The van der Waals surface area contributed by atoms with Crippen LogP contribution in [0.3, 0.4) is 0 Å². The van der Waals surface area contributed by atoms with Gasteiger partial charge < -0.3 is 20.4 Å². The minimum atomic E-state index is -0.280. The number of nitrogens with zero attached hydrogens (tertiary/aromatic N) is 5. The Morgan fingerprint density at radius 3 is 2.73 bits per heavy atom. The normalized spacial score (nSPS) is 24.5. The van der Waals surface area contributed by atoms with Crippen LogP contribution < -0.4 is 5.32 Å². The predicted octanol–water partition coefficient (Wildman–Crippen LogP) is 2.02. The number of carbonyl (C=O) groups excluding carboxylic acids is 1. The number of nitrogens with one attached hydrogen (secondary N) is 1. The van der Waals surface area contributed by atoms with Gasteiger partial charge in [-0.3, -0.25) is 9.69 Å². The third kappa shape index (κ3) is 4.86. The number of amides is 1. The molecule has 2 fully saturated rings. The molecule has 0 spiro atoms. The molecule has 4 heterocycles. The lowest BCUT2D eigenvalue weighted by Crippen LogP contribution is -2.34. The van der Waals surface area contributed by atoms with E-state index in [0.29, 0.717) is 30.7 Å². The Balaban J connectivity index is 1.12. The summed E-state index contributed by atoms with van der Waals surface area (Å²) in [6.45, 7) is 3.93. The molecule has 1 saturated heterocycles. The van der Waals surface area contributed by atoms with E-state index in [1.54, 1.807) is 6.08 Å². The van der Waals surface area contributed by atoms with Crippen molar-refractivity contribution in [2.45, 2.75) is 38.0 Å². The van der Waals surface area contributed by atoms with E-state index in [2.05, 4.69) is 20.3 Å². The monoisotopic (exact) mass is 502 g/mol. The van der Waals surface area contributed by atoms with Gasteiger partial charge in [-0.25, -0.2) is 9.50 Å². The summed E-state index contributed by atoms with van der Waals surface area (Å²) in [7, 11) is 0. The molecule has 1 amide bonds. The zero-order chi connectivity index (χ0) is 25.4. The number of likely N-dealkylation sites (tertiary alicyclic amines) is 1. The fourth-order valence-electron chi connectivity index (χ4n) is 6.37. The summed E-state index contributed by atoms with van der Waals surface area (Å²) in [6, 6.07) is 9.55. The number of hydrogen-bond donors (Lipinski definition) is 3. The molecule has 9 nitrogen and oxygen atoms in total. The molecule has 3 aliphatic rings. The maximum absolute atomic E-state index is 13.0. The zero-order valence-electron chi connectivity index (χ0n) is 20.9. The van der Waals surface area contributed by atoms with Crippen LogP contribution in [0.5, 0.6) is 0 Å². The lowest BCUT2D eigenvalue weighted by molar-refractivity contribution is -0.126. The molecule has 3 atom stereocenters. The largest absolute Gasteiger partial charge is 0.394 e. The van der Waals surface area contributed by atoms with Crippen LogP contribution in [0.4, 0.5) is 5.82 Å². The molecule has 37 heavy (non-hydrogen) atoms. The molecule has 1 saturated carbocycles. The standard InChI is InChI=1S/C28H34N6O3/c35-17-25(19-5-2-1-3-6-19)31-28-27-24-8-10-33(15-22(24)16-34(27)30-18-29-28)26(37)7-4-9-32-13-20-11-23(36)12-21(20)14-32/h1-7,16,18,20-21,23,25,35-36H,8-15,17H2,(H,29,30,31). The van der Waals surface area contributed by atoms with Gasteiger partial charge in [0.1, 0.15) is 11.8 Å². The number of aromatic nitrogens is 3. The van der Waals surface area contributed by atoms with Crippen molar-refractivity contribution < 1.29 is 15.0 Å². The van der Waals surface area contributed by atoms with E-state index in [4.69, 9.17) is 0 Å². The van der Waals surface area contributed by atoms with Crippen LogP contribution in [0, 0.1) is 11.8 Å². The Hall–Kier alpha value is -3.27. The van der Waals surface area contributed by atoms with Gasteiger partial charge in [-0.1, -0.05) is 36.4 Å². The second-order valence-corrected chi connectivity index (χ2v) is 10.6. The van der Waals surface area contributed by atoms with E-state index in [0.717, 1.165) is 61.1 Å². The maximum Gasteiger partial charge on any atom is 0.246 e. The van der Waals surface area contributed by atoms with Gasteiger partial charge in [-0.15, -0.1) is 0 Å². The van der Waals surface area contributed by atoms with Gasteiger partial charge in [0, 0.05) is 45.0 Å². The summed E-state index contributed by atoms with van der Waals surface area (Å²) in [4.78, 5) is 21.7. The summed E-state index contributed by atoms with van der Waals surface area (Å²) in [6.07, 6.45) is 9.62. The summed E-state index contributed by atoms with van der Waals surface area (Å²) < 4.78 is 1.82. The minimum absolute atomic E-state index is 0.0320. The summed E-state index contributed by atoms with van der Waals surface area (Å²) in [5, 5.41) is 27.7. The lowest BCUT2D eigenvalue weighted by Gasteiger charge is -2.26. The summed E-state index contributed by atoms with van der Waals surface area (Å²) in [5.41, 5.74) is 4.11. The Bertz CT molecular complexity index is 1280. The van der Waals surface area contributed by atoms with E-state index in [-0.39, 0.29) is 24.7 Å². The number of fused-ring (bicyclic) bond motifs is 4. The average molecular weight is 503 g/mol. The Morgan fingerprint density at radius 1 is 1.19 bits per heavy atom. The van der Waals surface area contributed by atoms with Crippen LogP contribution in [-0.2, 0) is 17.8 Å². The number of benzene rings is 1. The number of aliphatic hydroxyl groups is 2. The first-order valence-electron chi connectivity index (χ1n) is 13.2. The second kappa shape index (κ2) is 10.2. The van der Waals surface area contributed by atoms with Gasteiger partial charge in [0.2, 0.25) is 5.91 Å². The molecule has 2 aliphatic heterocycles.